The molecule has 0 heterocycles. The average Bonchev–Trinajstić information content (AvgIpc) is 3.23. The van der Waals surface area contributed by atoms with E-state index in [2.05, 4.69) is 50.3 Å². The van der Waals surface area contributed by atoms with Gasteiger partial charge in [-0.1, -0.05) is 185 Å². The maximum absolute atomic E-state index is 12.8. The summed E-state index contributed by atoms with van der Waals surface area (Å²) >= 11 is 0. The molecule has 362 valence electrons. The van der Waals surface area contributed by atoms with Crippen molar-refractivity contribution in [1.29, 1.82) is 0 Å². The van der Waals surface area contributed by atoms with Crippen LogP contribution in [0.1, 0.15) is 226 Å². The zero-order valence-corrected chi connectivity index (χ0v) is 41.0. The number of unbranched alkanes of at least 4 members (excludes halogenated alkanes) is 26. The molecule has 0 saturated carbocycles. The summed E-state index contributed by atoms with van der Waals surface area (Å²) in [6, 6.07) is 0. The van der Waals surface area contributed by atoms with Crippen LogP contribution in [-0.2, 0) is 33.3 Å². The predicted octanol–water partition coefficient (Wildman–Crippen LogP) is 14.2. The topological polar surface area (TPSA) is 108 Å². The highest BCUT2D eigenvalue weighted by molar-refractivity contribution is 5.71. The van der Waals surface area contributed by atoms with Crippen molar-refractivity contribution in [2.75, 3.05) is 47.5 Å². The smallest absolute Gasteiger partial charge is 0.361 e. The monoisotopic (exact) mass is 877 g/mol. The minimum absolute atomic E-state index is 0.185. The molecule has 0 aliphatic rings. The first-order valence-electron chi connectivity index (χ1n) is 25.7. The van der Waals surface area contributed by atoms with Crippen molar-refractivity contribution in [2.24, 2.45) is 0 Å². The van der Waals surface area contributed by atoms with Crippen LogP contribution in [0.25, 0.3) is 0 Å². The standard InChI is InChI=1S/C53H97NO8/c1-6-8-10-12-14-16-18-20-22-23-24-25-26-27-28-29-30-32-33-35-37-39-41-43-50(55)60-47-49(48-61-53(52(57)58)59-46-45-54(3,4)5)62-51(56)44-42-40-38-36-34-31-21-19-17-15-13-11-9-7-2/h13,15,19,21,23-24,49,53H,6-12,14,16-18,20,22,25-48H2,1-5H3/p+1/b15-13-,21-19-,24-23-. The fourth-order valence-corrected chi connectivity index (χ4v) is 7.08. The third-order valence-corrected chi connectivity index (χ3v) is 11.1. The van der Waals surface area contributed by atoms with Gasteiger partial charge in [0, 0.05) is 12.8 Å². The Kier molecular flexibility index (Phi) is 43.3. The van der Waals surface area contributed by atoms with Gasteiger partial charge in [-0.05, 0) is 64.2 Å². The number of carboxylic acid groups (broad SMARTS) is 1. The summed E-state index contributed by atoms with van der Waals surface area (Å²) in [5, 5.41) is 9.66. The molecular weight excluding hydrogens is 779 g/mol. The molecule has 2 atom stereocenters. The molecule has 0 aliphatic carbocycles. The number of esters is 2. The zero-order valence-electron chi connectivity index (χ0n) is 41.0. The van der Waals surface area contributed by atoms with Crippen LogP contribution in [-0.4, -0.2) is 87.4 Å². The molecule has 2 unspecified atom stereocenters. The molecule has 0 saturated heterocycles. The van der Waals surface area contributed by atoms with Gasteiger partial charge in [-0.15, -0.1) is 0 Å². The number of quaternary nitrogens is 1. The number of carboxylic acids is 1. The van der Waals surface area contributed by atoms with Crippen molar-refractivity contribution in [1.82, 2.24) is 0 Å². The molecule has 0 aromatic rings. The van der Waals surface area contributed by atoms with Crippen molar-refractivity contribution in [2.45, 2.75) is 238 Å². The summed E-state index contributed by atoms with van der Waals surface area (Å²) in [5.41, 5.74) is 0. The molecule has 0 amide bonds. The van der Waals surface area contributed by atoms with E-state index >= 15 is 0 Å². The van der Waals surface area contributed by atoms with Gasteiger partial charge in [0.05, 0.1) is 34.4 Å². The summed E-state index contributed by atoms with van der Waals surface area (Å²) in [5.74, 6) is -2.02. The second kappa shape index (κ2) is 45.1. The van der Waals surface area contributed by atoms with Crippen molar-refractivity contribution in [3.05, 3.63) is 36.5 Å². The van der Waals surface area contributed by atoms with Crippen molar-refractivity contribution in [3.8, 4) is 0 Å². The normalized spacial score (nSPS) is 13.1. The van der Waals surface area contributed by atoms with Gasteiger partial charge in [0.25, 0.3) is 6.29 Å². The SMILES string of the molecule is CCCC/C=C\C/C=C\CCCCCCCC(=O)OC(COC(=O)CCCCCCCCCCCCC/C=C\CCCCCCCCCC)COC(OCC[N+](C)(C)C)C(=O)O. The Bertz CT molecular complexity index is 1110. The quantitative estimate of drug-likeness (QED) is 0.0212. The van der Waals surface area contributed by atoms with E-state index in [9.17, 15) is 19.5 Å². The molecule has 0 radical (unpaired) electrons. The van der Waals surface area contributed by atoms with Crippen LogP contribution in [0.5, 0.6) is 0 Å². The summed E-state index contributed by atoms with van der Waals surface area (Å²) < 4.78 is 22.8. The third-order valence-electron chi connectivity index (χ3n) is 11.1. The zero-order chi connectivity index (χ0) is 45.6. The molecule has 0 rings (SSSR count). The molecule has 0 spiro atoms. The Morgan fingerprint density at radius 2 is 0.887 bits per heavy atom. The van der Waals surface area contributed by atoms with E-state index in [1.807, 2.05) is 21.1 Å². The number of ether oxygens (including phenoxy) is 4. The minimum Gasteiger partial charge on any atom is -0.477 e. The van der Waals surface area contributed by atoms with Gasteiger partial charge in [-0.2, -0.15) is 0 Å². The van der Waals surface area contributed by atoms with Gasteiger partial charge in [-0.3, -0.25) is 9.59 Å². The highest BCUT2D eigenvalue weighted by Gasteiger charge is 2.25. The summed E-state index contributed by atoms with van der Waals surface area (Å²) in [7, 11) is 5.96. The molecule has 0 bridgehead atoms. The van der Waals surface area contributed by atoms with E-state index in [0.29, 0.717) is 23.9 Å². The summed E-state index contributed by atoms with van der Waals surface area (Å²) in [4.78, 5) is 37.2. The first-order chi connectivity index (χ1) is 30.1. The number of nitrogens with zero attached hydrogens (tertiary/aromatic N) is 1. The highest BCUT2D eigenvalue weighted by atomic mass is 16.7. The second-order valence-electron chi connectivity index (χ2n) is 18.5. The third kappa shape index (κ3) is 45.5. The second-order valence-corrected chi connectivity index (χ2v) is 18.5. The van der Waals surface area contributed by atoms with E-state index in [4.69, 9.17) is 18.9 Å². The van der Waals surface area contributed by atoms with Crippen LogP contribution in [0.15, 0.2) is 36.5 Å². The fourth-order valence-electron chi connectivity index (χ4n) is 7.08. The number of aliphatic carboxylic acids is 1. The average molecular weight is 877 g/mol. The molecule has 9 heteroatoms. The minimum atomic E-state index is -1.51. The molecule has 62 heavy (non-hydrogen) atoms. The Balaban J connectivity index is 4.28. The molecule has 1 N–H and O–H groups in total. The number of hydrogen-bond donors (Lipinski definition) is 1. The van der Waals surface area contributed by atoms with Gasteiger partial charge in [0.15, 0.2) is 6.10 Å². The van der Waals surface area contributed by atoms with Crippen molar-refractivity contribution >= 4 is 17.9 Å². The van der Waals surface area contributed by atoms with Crippen molar-refractivity contribution in [3.63, 3.8) is 0 Å². The Morgan fingerprint density at radius 3 is 1.34 bits per heavy atom. The molecular formula is C53H98NO8+. The number of allylic oxidation sites excluding steroid dienone is 6. The maximum atomic E-state index is 12.8. The van der Waals surface area contributed by atoms with E-state index in [0.717, 1.165) is 64.2 Å². The number of rotatable bonds is 47. The Labute approximate surface area is 381 Å². The first-order valence-corrected chi connectivity index (χ1v) is 25.7. The van der Waals surface area contributed by atoms with Crippen molar-refractivity contribution < 1.29 is 42.9 Å². The maximum Gasteiger partial charge on any atom is 0.361 e. The van der Waals surface area contributed by atoms with E-state index in [1.54, 1.807) is 0 Å². The summed E-state index contributed by atoms with van der Waals surface area (Å²) in [6.07, 6.45) is 49.2. The van der Waals surface area contributed by atoms with Crippen LogP contribution in [0.3, 0.4) is 0 Å². The lowest BCUT2D eigenvalue weighted by Gasteiger charge is -2.25. The van der Waals surface area contributed by atoms with Crippen LogP contribution in [0, 0.1) is 0 Å². The van der Waals surface area contributed by atoms with Crippen LogP contribution >= 0.6 is 0 Å². The molecule has 9 nitrogen and oxygen atoms in total. The molecule has 0 fully saturated rings. The molecule has 0 aliphatic heterocycles. The van der Waals surface area contributed by atoms with Gasteiger partial charge in [0.1, 0.15) is 13.2 Å². The van der Waals surface area contributed by atoms with E-state index < -0.39 is 24.3 Å². The number of likely N-dealkylation sites (N-methyl/N-ethyl adjacent to an activating group) is 1. The number of carbonyl (C=O) groups is 3. The fraction of sp³-hybridized carbons (Fsp3) is 0.830. The van der Waals surface area contributed by atoms with Gasteiger partial charge < -0.3 is 28.5 Å². The number of hydrogen-bond acceptors (Lipinski definition) is 7. The highest BCUT2D eigenvalue weighted by Crippen LogP contribution is 2.15. The van der Waals surface area contributed by atoms with Crippen LogP contribution < -0.4 is 0 Å². The lowest BCUT2D eigenvalue weighted by atomic mass is 10.0. The lowest BCUT2D eigenvalue weighted by molar-refractivity contribution is -0.870. The largest absolute Gasteiger partial charge is 0.477 e. The van der Waals surface area contributed by atoms with E-state index in [1.165, 1.54) is 128 Å². The van der Waals surface area contributed by atoms with Crippen LogP contribution in [0.4, 0.5) is 0 Å². The molecule has 0 aromatic heterocycles. The first kappa shape index (κ1) is 59.5. The van der Waals surface area contributed by atoms with Gasteiger partial charge in [0.2, 0.25) is 0 Å². The lowest BCUT2D eigenvalue weighted by Crippen LogP contribution is -2.40. The summed E-state index contributed by atoms with van der Waals surface area (Å²) in [6.45, 7) is 4.83. The van der Waals surface area contributed by atoms with Gasteiger partial charge in [-0.25, -0.2) is 4.79 Å². The predicted molar refractivity (Wildman–Crippen MR) is 258 cm³/mol. The van der Waals surface area contributed by atoms with E-state index in [-0.39, 0.29) is 32.2 Å². The van der Waals surface area contributed by atoms with Crippen LogP contribution in [0.2, 0.25) is 0 Å². The van der Waals surface area contributed by atoms with Gasteiger partial charge >= 0.3 is 17.9 Å². The Hall–Kier alpha value is -2.49. The Morgan fingerprint density at radius 1 is 0.484 bits per heavy atom. The number of carbonyl (C=O) groups excluding carboxylic acids is 2. The molecule has 0 aromatic carbocycles.